The molecule has 6 nitrogen and oxygen atoms in total. The summed E-state index contributed by atoms with van der Waals surface area (Å²) in [6, 6.07) is 5.33. The molecule has 0 aromatic carbocycles. The molecule has 1 N–H and O–H groups in total. The van der Waals surface area contributed by atoms with Crippen LogP contribution in [0.5, 0.6) is 0 Å². The van der Waals surface area contributed by atoms with E-state index >= 15 is 0 Å². The number of carbonyl (C=O) groups excluding carboxylic acids is 2. The minimum absolute atomic E-state index is 0.0634. The van der Waals surface area contributed by atoms with Crippen molar-refractivity contribution >= 4 is 23.2 Å². The third kappa shape index (κ3) is 3.29. The largest absolute Gasteiger partial charge is 0.349 e. The maximum absolute atomic E-state index is 12.6. The third-order valence-electron chi connectivity index (χ3n) is 3.92. The van der Waals surface area contributed by atoms with Gasteiger partial charge in [0, 0.05) is 17.0 Å². The molecular formula is C16H20N4O2S. The number of carbonyl (C=O) groups is 2. The second-order valence-corrected chi connectivity index (χ2v) is 6.99. The topological polar surface area (TPSA) is 67.2 Å². The lowest BCUT2D eigenvalue weighted by molar-refractivity contribution is -0.138. The van der Waals surface area contributed by atoms with Crippen molar-refractivity contribution in [1.29, 1.82) is 0 Å². The quantitative estimate of drug-likeness (QED) is 0.928. The van der Waals surface area contributed by atoms with Gasteiger partial charge in [0.1, 0.15) is 6.04 Å². The van der Waals surface area contributed by atoms with Gasteiger partial charge in [-0.2, -0.15) is 5.10 Å². The van der Waals surface area contributed by atoms with Crippen molar-refractivity contribution < 1.29 is 9.59 Å². The van der Waals surface area contributed by atoms with E-state index < -0.39 is 6.04 Å². The normalized spacial score (nSPS) is 17.2. The van der Waals surface area contributed by atoms with Crippen LogP contribution in [0.1, 0.15) is 30.5 Å². The first-order chi connectivity index (χ1) is 11.1. The number of amides is 2. The summed E-state index contributed by atoms with van der Waals surface area (Å²) < 4.78 is 1.73. The lowest BCUT2D eigenvalue weighted by Gasteiger charge is -2.34. The zero-order valence-corrected chi connectivity index (χ0v) is 14.0. The van der Waals surface area contributed by atoms with Crippen molar-refractivity contribution in [2.45, 2.75) is 33.0 Å². The van der Waals surface area contributed by atoms with Gasteiger partial charge in [-0.3, -0.25) is 14.3 Å². The molecule has 122 valence electrons. The van der Waals surface area contributed by atoms with Crippen molar-refractivity contribution in [1.82, 2.24) is 20.0 Å². The molecule has 3 heterocycles. The van der Waals surface area contributed by atoms with Gasteiger partial charge in [-0.1, -0.05) is 19.9 Å². The molecule has 23 heavy (non-hydrogen) atoms. The molecule has 0 saturated heterocycles. The lowest BCUT2D eigenvalue weighted by Crippen LogP contribution is -2.47. The third-order valence-corrected chi connectivity index (χ3v) is 4.80. The summed E-state index contributed by atoms with van der Waals surface area (Å²) in [5.41, 5.74) is 0.890. The second-order valence-electron chi connectivity index (χ2n) is 5.95. The Hall–Kier alpha value is -2.15. The van der Waals surface area contributed by atoms with E-state index in [0.717, 1.165) is 10.6 Å². The van der Waals surface area contributed by atoms with E-state index in [1.165, 1.54) is 0 Å². The predicted octanol–water partition coefficient (Wildman–Crippen LogP) is 1.80. The Bertz CT molecular complexity index is 693. The van der Waals surface area contributed by atoms with E-state index in [1.807, 2.05) is 37.4 Å². The Morgan fingerprint density at radius 3 is 2.96 bits per heavy atom. The zero-order chi connectivity index (χ0) is 16.4. The van der Waals surface area contributed by atoms with Gasteiger partial charge in [-0.25, -0.2) is 0 Å². The minimum Gasteiger partial charge on any atom is -0.349 e. The average Bonchev–Trinajstić information content (AvgIpc) is 3.21. The van der Waals surface area contributed by atoms with Crippen LogP contribution >= 0.6 is 11.3 Å². The van der Waals surface area contributed by atoms with Gasteiger partial charge in [-0.15, -0.1) is 11.3 Å². The lowest BCUT2D eigenvalue weighted by atomic mass is 10.1. The Morgan fingerprint density at radius 1 is 1.43 bits per heavy atom. The first-order valence-electron chi connectivity index (χ1n) is 7.67. The van der Waals surface area contributed by atoms with Gasteiger partial charge in [0.15, 0.2) is 0 Å². The van der Waals surface area contributed by atoms with Crippen molar-refractivity contribution in [3.63, 3.8) is 0 Å². The molecule has 1 aliphatic heterocycles. The summed E-state index contributed by atoms with van der Waals surface area (Å²) in [6.45, 7) is 5.12. The highest BCUT2D eigenvalue weighted by molar-refractivity contribution is 7.09. The van der Waals surface area contributed by atoms with Gasteiger partial charge in [0.25, 0.3) is 0 Å². The fraction of sp³-hybridized carbons (Fsp3) is 0.438. The van der Waals surface area contributed by atoms with Crippen LogP contribution in [0.3, 0.4) is 0 Å². The zero-order valence-electron chi connectivity index (χ0n) is 13.2. The molecule has 0 bridgehead atoms. The van der Waals surface area contributed by atoms with Crippen molar-refractivity contribution in [3.05, 3.63) is 40.3 Å². The number of thiophene rings is 1. The minimum atomic E-state index is -0.476. The van der Waals surface area contributed by atoms with Gasteiger partial charge < -0.3 is 10.2 Å². The number of nitrogens with zero attached hydrogens (tertiary/aromatic N) is 3. The van der Waals surface area contributed by atoms with E-state index in [0.29, 0.717) is 19.6 Å². The molecular weight excluding hydrogens is 312 g/mol. The summed E-state index contributed by atoms with van der Waals surface area (Å²) in [5, 5.41) is 9.19. The molecule has 1 aliphatic rings. The number of nitrogens with one attached hydrogen (secondary N) is 1. The van der Waals surface area contributed by atoms with E-state index in [9.17, 15) is 9.59 Å². The Labute approximate surface area is 139 Å². The molecule has 0 unspecified atom stereocenters. The molecule has 7 heteroatoms. The number of fused-ring (bicyclic) bond motifs is 1. The fourth-order valence-electron chi connectivity index (χ4n) is 2.73. The molecule has 0 spiro atoms. The van der Waals surface area contributed by atoms with Crippen molar-refractivity contribution in [2.24, 2.45) is 5.92 Å². The summed E-state index contributed by atoms with van der Waals surface area (Å²) in [7, 11) is 0. The molecule has 0 radical (unpaired) electrons. The smallest absolute Gasteiger partial charge is 0.247 e. The van der Waals surface area contributed by atoms with E-state index in [2.05, 4.69) is 10.4 Å². The van der Waals surface area contributed by atoms with Crippen LogP contribution in [-0.2, 0) is 22.7 Å². The van der Waals surface area contributed by atoms with Crippen LogP contribution in [0.2, 0.25) is 0 Å². The molecule has 0 aliphatic carbocycles. The first-order valence-corrected chi connectivity index (χ1v) is 8.55. The van der Waals surface area contributed by atoms with Crippen LogP contribution < -0.4 is 5.32 Å². The van der Waals surface area contributed by atoms with Gasteiger partial charge in [-0.05, 0) is 17.5 Å². The fourth-order valence-corrected chi connectivity index (χ4v) is 3.37. The Balaban J connectivity index is 1.74. The highest BCUT2D eigenvalue weighted by Crippen LogP contribution is 2.22. The Morgan fingerprint density at radius 2 is 2.26 bits per heavy atom. The van der Waals surface area contributed by atoms with Crippen LogP contribution in [0.25, 0.3) is 0 Å². The first kappa shape index (κ1) is 15.7. The highest BCUT2D eigenvalue weighted by atomic mass is 32.1. The number of aromatic nitrogens is 2. The second kappa shape index (κ2) is 6.54. The van der Waals surface area contributed by atoms with Crippen LogP contribution in [-0.4, -0.2) is 33.0 Å². The summed E-state index contributed by atoms with van der Waals surface area (Å²) >= 11 is 1.61. The molecule has 2 amide bonds. The molecule has 2 aromatic heterocycles. The van der Waals surface area contributed by atoms with Gasteiger partial charge in [0.05, 0.1) is 25.3 Å². The molecule has 0 fully saturated rings. The number of hydrogen-bond acceptors (Lipinski definition) is 4. The molecule has 0 saturated carbocycles. The van der Waals surface area contributed by atoms with Crippen LogP contribution in [0, 0.1) is 5.92 Å². The SMILES string of the molecule is CC(C)C(=O)N1Cc2ccnn2[C@@H](C(=O)NCc2cccs2)C1. The summed E-state index contributed by atoms with van der Waals surface area (Å²) in [5.74, 6) is -0.127. The van der Waals surface area contributed by atoms with Gasteiger partial charge in [0.2, 0.25) is 11.8 Å². The van der Waals surface area contributed by atoms with Crippen molar-refractivity contribution in [2.75, 3.05) is 6.54 Å². The van der Waals surface area contributed by atoms with E-state index in [4.69, 9.17) is 0 Å². The van der Waals surface area contributed by atoms with Crippen LogP contribution in [0.15, 0.2) is 29.8 Å². The average molecular weight is 332 g/mol. The van der Waals surface area contributed by atoms with Gasteiger partial charge >= 0.3 is 0 Å². The number of rotatable bonds is 4. The van der Waals surface area contributed by atoms with Crippen LogP contribution in [0.4, 0.5) is 0 Å². The molecule has 3 rings (SSSR count). The summed E-state index contributed by atoms with van der Waals surface area (Å²) in [6.07, 6.45) is 1.68. The monoisotopic (exact) mass is 332 g/mol. The Kier molecular flexibility index (Phi) is 4.47. The molecule has 2 aromatic rings. The number of hydrogen-bond donors (Lipinski definition) is 1. The maximum atomic E-state index is 12.6. The predicted molar refractivity (Wildman–Crippen MR) is 87.7 cm³/mol. The standard InChI is InChI=1S/C16H20N4O2S/c1-11(2)16(22)19-9-12-5-6-18-20(12)14(10-19)15(21)17-8-13-4-3-7-23-13/h3-7,11,14H,8-10H2,1-2H3,(H,17,21)/t14-/m1/s1. The highest BCUT2D eigenvalue weighted by Gasteiger charge is 2.33. The van der Waals surface area contributed by atoms with E-state index in [1.54, 1.807) is 27.1 Å². The van der Waals surface area contributed by atoms with E-state index in [-0.39, 0.29) is 17.7 Å². The van der Waals surface area contributed by atoms with Crippen molar-refractivity contribution in [3.8, 4) is 0 Å². The maximum Gasteiger partial charge on any atom is 0.247 e. The molecule has 1 atom stereocenters. The summed E-state index contributed by atoms with van der Waals surface area (Å²) in [4.78, 5) is 27.7.